The number of nitrogens with one attached hydrogen (secondary N) is 2. The normalized spacial score (nSPS) is 12.5. The number of halogens is 3. The van der Waals surface area contributed by atoms with Gasteiger partial charge in [0, 0.05) is 19.7 Å². The average Bonchev–Trinajstić information content (AvgIpc) is 2.26. The molecule has 0 saturated heterocycles. The Morgan fingerprint density at radius 1 is 1.35 bits per heavy atom. The molecule has 0 bridgehead atoms. The van der Waals surface area contributed by atoms with Crippen LogP contribution in [0.2, 0.25) is 0 Å². The summed E-state index contributed by atoms with van der Waals surface area (Å²) in [7, 11) is -1.41. The lowest BCUT2D eigenvalue weighted by Gasteiger charge is -2.17. The number of hydrogen-bond acceptors (Lipinski definition) is 3. The van der Waals surface area contributed by atoms with Crippen molar-refractivity contribution < 1.29 is 21.6 Å². The molecule has 0 unspecified atom stereocenters. The molecule has 0 aliphatic rings. The summed E-state index contributed by atoms with van der Waals surface area (Å²) in [6.07, 6.45) is -4.61. The number of rotatable bonds is 4. The lowest BCUT2D eigenvalue weighted by atomic mass is 10.1. The van der Waals surface area contributed by atoms with E-state index in [2.05, 4.69) is 4.72 Å². The second kappa shape index (κ2) is 5.29. The fourth-order valence-corrected chi connectivity index (χ4v) is 1.90. The summed E-state index contributed by atoms with van der Waals surface area (Å²) >= 11 is 0. The molecule has 6 nitrogen and oxygen atoms in total. The third-order valence-corrected chi connectivity index (χ3v) is 3.80. The van der Waals surface area contributed by atoms with Crippen LogP contribution >= 0.6 is 0 Å². The first-order valence-electron chi connectivity index (χ1n) is 5.21. The van der Waals surface area contributed by atoms with Crippen molar-refractivity contribution in [1.29, 1.82) is 5.41 Å². The van der Waals surface area contributed by atoms with Gasteiger partial charge in [-0.1, -0.05) is 0 Å². The quantitative estimate of drug-likeness (QED) is 0.575. The van der Waals surface area contributed by atoms with E-state index in [9.17, 15) is 21.6 Å². The minimum absolute atomic E-state index is 0.195. The van der Waals surface area contributed by atoms with Crippen molar-refractivity contribution >= 4 is 21.7 Å². The zero-order chi connectivity index (χ0) is 15.7. The van der Waals surface area contributed by atoms with Gasteiger partial charge in [-0.15, -0.1) is 0 Å². The molecule has 0 amide bonds. The number of nitrogen functional groups attached to an aromatic ring is 1. The standard InChI is InChI=1S/C10H13F3N4O2S/c1-17(2)20(18,19)16-8-4-3-6(10(11,12)13)5-7(8)9(14)15/h3-5,16H,1-2H3,(H3,14,15). The van der Waals surface area contributed by atoms with Gasteiger partial charge in [-0.2, -0.15) is 25.9 Å². The van der Waals surface area contributed by atoms with Gasteiger partial charge in [-0.25, -0.2) is 0 Å². The molecular formula is C10H13F3N4O2S. The van der Waals surface area contributed by atoms with Gasteiger partial charge in [0.05, 0.1) is 11.3 Å². The minimum atomic E-state index is -4.61. The van der Waals surface area contributed by atoms with E-state index in [0.717, 1.165) is 10.4 Å². The third kappa shape index (κ3) is 3.61. The van der Waals surface area contributed by atoms with Gasteiger partial charge in [0.2, 0.25) is 0 Å². The van der Waals surface area contributed by atoms with Crippen LogP contribution in [0.25, 0.3) is 0 Å². The molecule has 0 fully saturated rings. The molecule has 1 rings (SSSR count). The van der Waals surface area contributed by atoms with Crippen molar-refractivity contribution in [1.82, 2.24) is 4.31 Å². The van der Waals surface area contributed by atoms with Crippen LogP contribution in [-0.4, -0.2) is 32.7 Å². The number of alkyl halides is 3. The van der Waals surface area contributed by atoms with E-state index in [1.165, 1.54) is 14.1 Å². The highest BCUT2D eigenvalue weighted by Gasteiger charge is 2.31. The Hall–Kier alpha value is -1.81. The van der Waals surface area contributed by atoms with Crippen LogP contribution in [0.1, 0.15) is 11.1 Å². The lowest BCUT2D eigenvalue weighted by molar-refractivity contribution is -0.137. The monoisotopic (exact) mass is 310 g/mol. The first-order chi connectivity index (χ1) is 8.95. The van der Waals surface area contributed by atoms with E-state index in [1.807, 2.05) is 0 Å². The highest BCUT2D eigenvalue weighted by atomic mass is 32.2. The van der Waals surface area contributed by atoms with Gasteiger partial charge in [0.25, 0.3) is 0 Å². The van der Waals surface area contributed by atoms with E-state index in [0.29, 0.717) is 12.1 Å². The fraction of sp³-hybridized carbons (Fsp3) is 0.300. The number of amidine groups is 1. The summed E-state index contributed by atoms with van der Waals surface area (Å²) in [5, 5.41) is 7.25. The molecule has 4 N–H and O–H groups in total. The largest absolute Gasteiger partial charge is 0.416 e. The van der Waals surface area contributed by atoms with Crippen LogP contribution in [0.5, 0.6) is 0 Å². The number of anilines is 1. The Bertz CT molecular complexity index is 626. The smallest absolute Gasteiger partial charge is 0.384 e. The third-order valence-electron chi connectivity index (χ3n) is 2.36. The van der Waals surface area contributed by atoms with Crippen LogP contribution < -0.4 is 10.5 Å². The maximum absolute atomic E-state index is 12.6. The summed E-state index contributed by atoms with van der Waals surface area (Å²) in [6.45, 7) is 0. The number of nitrogens with two attached hydrogens (primary N) is 1. The van der Waals surface area contributed by atoms with Crippen molar-refractivity contribution in [3.8, 4) is 0 Å². The van der Waals surface area contributed by atoms with E-state index in [4.69, 9.17) is 11.1 Å². The highest BCUT2D eigenvalue weighted by molar-refractivity contribution is 7.90. The Kier molecular flexibility index (Phi) is 4.30. The lowest BCUT2D eigenvalue weighted by Crippen LogP contribution is -2.30. The van der Waals surface area contributed by atoms with Gasteiger partial charge in [-0.3, -0.25) is 10.1 Å². The predicted molar refractivity (Wildman–Crippen MR) is 68.7 cm³/mol. The summed E-state index contributed by atoms with van der Waals surface area (Å²) < 4.78 is 63.9. The average molecular weight is 310 g/mol. The summed E-state index contributed by atoms with van der Waals surface area (Å²) in [4.78, 5) is 0. The first-order valence-corrected chi connectivity index (χ1v) is 6.65. The van der Waals surface area contributed by atoms with E-state index < -0.39 is 27.8 Å². The first kappa shape index (κ1) is 16.2. The Labute approximate surface area is 114 Å². The molecular weight excluding hydrogens is 297 g/mol. The van der Waals surface area contributed by atoms with Crippen molar-refractivity contribution in [3.05, 3.63) is 29.3 Å². The zero-order valence-corrected chi connectivity index (χ0v) is 11.4. The SMILES string of the molecule is CN(C)S(=O)(=O)Nc1ccc(C(F)(F)F)cc1C(=N)N. The molecule has 10 heteroatoms. The summed E-state index contributed by atoms with van der Waals surface area (Å²) in [5.41, 5.74) is 3.63. The number of hydrogen-bond donors (Lipinski definition) is 3. The van der Waals surface area contributed by atoms with E-state index in [-0.39, 0.29) is 11.3 Å². The van der Waals surface area contributed by atoms with E-state index >= 15 is 0 Å². The summed E-state index contributed by atoms with van der Waals surface area (Å²) in [5.74, 6) is -0.674. The minimum Gasteiger partial charge on any atom is -0.384 e. The van der Waals surface area contributed by atoms with Crippen molar-refractivity contribution in [2.45, 2.75) is 6.18 Å². The Morgan fingerprint density at radius 3 is 2.30 bits per heavy atom. The predicted octanol–water partition coefficient (Wildman–Crippen LogP) is 1.21. The fourth-order valence-electron chi connectivity index (χ4n) is 1.26. The van der Waals surface area contributed by atoms with Gasteiger partial charge in [-0.05, 0) is 18.2 Å². The number of nitrogens with zero attached hydrogens (tertiary/aromatic N) is 1. The number of benzene rings is 1. The molecule has 0 atom stereocenters. The van der Waals surface area contributed by atoms with Crippen LogP contribution in [-0.2, 0) is 16.4 Å². The van der Waals surface area contributed by atoms with Crippen LogP contribution in [0.15, 0.2) is 18.2 Å². The van der Waals surface area contributed by atoms with Gasteiger partial charge in [0.1, 0.15) is 5.84 Å². The zero-order valence-electron chi connectivity index (χ0n) is 10.6. The topological polar surface area (TPSA) is 99.3 Å². The molecule has 0 saturated carbocycles. The molecule has 112 valence electrons. The molecule has 0 aromatic heterocycles. The molecule has 20 heavy (non-hydrogen) atoms. The van der Waals surface area contributed by atoms with Gasteiger partial charge < -0.3 is 5.73 Å². The second-order valence-corrected chi connectivity index (χ2v) is 5.95. The molecule has 0 radical (unpaired) electrons. The summed E-state index contributed by atoms with van der Waals surface area (Å²) in [6, 6.07) is 2.25. The van der Waals surface area contributed by atoms with Crippen molar-refractivity contribution in [2.24, 2.45) is 5.73 Å². The van der Waals surface area contributed by atoms with Crippen molar-refractivity contribution in [2.75, 3.05) is 18.8 Å². The van der Waals surface area contributed by atoms with E-state index in [1.54, 1.807) is 0 Å². The Morgan fingerprint density at radius 2 is 1.90 bits per heavy atom. The molecule has 0 aliphatic carbocycles. The van der Waals surface area contributed by atoms with Crippen LogP contribution in [0, 0.1) is 5.41 Å². The van der Waals surface area contributed by atoms with Crippen LogP contribution in [0.3, 0.4) is 0 Å². The highest BCUT2D eigenvalue weighted by Crippen LogP contribution is 2.32. The van der Waals surface area contributed by atoms with Gasteiger partial charge >= 0.3 is 16.4 Å². The molecule has 1 aromatic rings. The molecule has 0 spiro atoms. The maximum Gasteiger partial charge on any atom is 0.416 e. The maximum atomic E-state index is 12.6. The van der Waals surface area contributed by atoms with Crippen molar-refractivity contribution in [3.63, 3.8) is 0 Å². The van der Waals surface area contributed by atoms with Crippen LogP contribution in [0.4, 0.5) is 18.9 Å². The molecule has 0 heterocycles. The molecule has 0 aliphatic heterocycles. The Balaban J connectivity index is 3.32. The van der Waals surface area contributed by atoms with Gasteiger partial charge in [0.15, 0.2) is 0 Å². The second-order valence-electron chi connectivity index (χ2n) is 4.06. The molecule has 1 aromatic carbocycles.